The van der Waals surface area contributed by atoms with Gasteiger partial charge in [0.05, 0.1) is 35.1 Å². The Morgan fingerprint density at radius 2 is 2.06 bits per heavy atom. The number of carbonyl (C=O) groups is 1. The SMILES string of the molecule is Nc1ncnc2cc(F)c(Cn3c(C(=O)O)c(-c4ccc[nH]c4=O)c4c5c(c(F)cc43)CCO5)cc12. The number of hydrogen-bond donors (Lipinski definition) is 3. The van der Waals surface area contributed by atoms with Crippen molar-refractivity contribution in [3.8, 4) is 16.9 Å². The van der Waals surface area contributed by atoms with Gasteiger partial charge in [-0.2, -0.15) is 0 Å². The molecule has 11 heteroatoms. The van der Waals surface area contributed by atoms with Gasteiger partial charge >= 0.3 is 5.97 Å². The number of carboxylic acids is 1. The molecule has 4 N–H and O–H groups in total. The average molecular weight is 489 g/mol. The maximum absolute atomic E-state index is 15.1. The first-order valence-electron chi connectivity index (χ1n) is 11.0. The number of carboxylic acid groups (broad SMARTS) is 1. The highest BCUT2D eigenvalue weighted by Crippen LogP contribution is 2.44. The lowest BCUT2D eigenvalue weighted by molar-refractivity contribution is 0.0687. The predicted molar refractivity (Wildman–Crippen MR) is 127 cm³/mol. The maximum Gasteiger partial charge on any atom is 0.353 e. The zero-order valence-electron chi connectivity index (χ0n) is 18.5. The highest BCUT2D eigenvalue weighted by molar-refractivity contribution is 6.11. The van der Waals surface area contributed by atoms with Crippen LogP contribution in [0.1, 0.15) is 21.6 Å². The van der Waals surface area contributed by atoms with Gasteiger partial charge in [-0.1, -0.05) is 0 Å². The number of aromatic carboxylic acids is 1. The summed E-state index contributed by atoms with van der Waals surface area (Å²) in [5.41, 5.74) is 6.06. The summed E-state index contributed by atoms with van der Waals surface area (Å²) in [5.74, 6) is -2.29. The van der Waals surface area contributed by atoms with Crippen LogP contribution in [0.5, 0.6) is 5.75 Å². The number of hydrogen-bond acceptors (Lipinski definition) is 6. The second-order valence-electron chi connectivity index (χ2n) is 8.41. The number of aromatic nitrogens is 4. The van der Waals surface area contributed by atoms with Gasteiger partial charge in [0, 0.05) is 40.8 Å². The van der Waals surface area contributed by atoms with E-state index in [1.165, 1.54) is 41.4 Å². The van der Waals surface area contributed by atoms with Gasteiger partial charge in [0.2, 0.25) is 0 Å². The first-order chi connectivity index (χ1) is 17.3. The molecule has 2 aromatic carbocycles. The van der Waals surface area contributed by atoms with Crippen LogP contribution in [-0.4, -0.2) is 37.2 Å². The van der Waals surface area contributed by atoms with E-state index in [-0.39, 0.29) is 63.5 Å². The Bertz CT molecular complexity index is 1790. The molecule has 0 amide bonds. The second-order valence-corrected chi connectivity index (χ2v) is 8.41. The van der Waals surface area contributed by atoms with Crippen molar-refractivity contribution in [3.63, 3.8) is 0 Å². The number of nitrogens with two attached hydrogens (primary N) is 1. The number of anilines is 1. The van der Waals surface area contributed by atoms with E-state index in [0.29, 0.717) is 17.4 Å². The van der Waals surface area contributed by atoms with Crippen LogP contribution in [0.4, 0.5) is 14.6 Å². The van der Waals surface area contributed by atoms with Crippen molar-refractivity contribution in [2.45, 2.75) is 13.0 Å². The van der Waals surface area contributed by atoms with Crippen LogP contribution in [0, 0.1) is 11.6 Å². The normalized spacial score (nSPS) is 12.7. The van der Waals surface area contributed by atoms with E-state index >= 15 is 8.78 Å². The Morgan fingerprint density at radius 1 is 1.22 bits per heavy atom. The largest absolute Gasteiger partial charge is 0.492 e. The van der Waals surface area contributed by atoms with Gasteiger partial charge < -0.3 is 25.1 Å². The van der Waals surface area contributed by atoms with Gasteiger partial charge in [0.1, 0.15) is 35.2 Å². The summed E-state index contributed by atoms with van der Waals surface area (Å²) in [7, 11) is 0. The van der Waals surface area contributed by atoms with E-state index in [2.05, 4.69) is 15.0 Å². The van der Waals surface area contributed by atoms with E-state index in [1.807, 2.05) is 0 Å². The van der Waals surface area contributed by atoms with Crippen LogP contribution in [0.25, 0.3) is 32.9 Å². The molecule has 0 bridgehead atoms. The van der Waals surface area contributed by atoms with Crippen molar-refractivity contribution in [3.05, 3.63) is 81.7 Å². The number of ether oxygens (including phenoxy) is 1. The molecule has 0 aliphatic carbocycles. The van der Waals surface area contributed by atoms with E-state index < -0.39 is 23.2 Å². The minimum Gasteiger partial charge on any atom is -0.492 e. The number of nitrogens with zero attached hydrogens (tertiary/aromatic N) is 3. The molecule has 36 heavy (non-hydrogen) atoms. The minimum absolute atomic E-state index is 0.0691. The van der Waals surface area contributed by atoms with Crippen molar-refractivity contribution in [2.75, 3.05) is 12.3 Å². The zero-order valence-corrected chi connectivity index (χ0v) is 18.5. The molecule has 0 saturated carbocycles. The van der Waals surface area contributed by atoms with E-state index in [0.717, 1.165) is 0 Å². The summed E-state index contributed by atoms with van der Waals surface area (Å²) in [6, 6.07) is 6.85. The van der Waals surface area contributed by atoms with Crippen LogP contribution in [-0.2, 0) is 13.0 Å². The Kier molecular flexibility index (Phi) is 4.75. The summed E-state index contributed by atoms with van der Waals surface area (Å²) in [4.78, 5) is 35.9. The number of pyridine rings is 1. The molecule has 0 unspecified atom stereocenters. The van der Waals surface area contributed by atoms with Gasteiger partial charge in [-0.3, -0.25) is 4.79 Å². The predicted octanol–water partition coefficient (Wildman–Crippen LogP) is 3.48. The molecule has 0 spiro atoms. The third-order valence-electron chi connectivity index (χ3n) is 6.41. The summed E-state index contributed by atoms with van der Waals surface area (Å²) in [6.07, 6.45) is 2.93. The maximum atomic E-state index is 15.1. The van der Waals surface area contributed by atoms with Gasteiger partial charge in [0.15, 0.2) is 0 Å². The van der Waals surface area contributed by atoms with E-state index in [4.69, 9.17) is 10.5 Å². The smallest absolute Gasteiger partial charge is 0.353 e. The highest BCUT2D eigenvalue weighted by atomic mass is 19.1. The van der Waals surface area contributed by atoms with Crippen molar-refractivity contribution in [1.82, 2.24) is 19.5 Å². The molecule has 180 valence electrons. The second kappa shape index (κ2) is 7.87. The van der Waals surface area contributed by atoms with Crippen molar-refractivity contribution >= 4 is 33.6 Å². The van der Waals surface area contributed by atoms with Crippen LogP contribution in [0.3, 0.4) is 0 Å². The first-order valence-corrected chi connectivity index (χ1v) is 11.0. The molecule has 9 nitrogen and oxygen atoms in total. The van der Waals surface area contributed by atoms with Crippen LogP contribution in [0.15, 0.2) is 47.7 Å². The molecular weight excluding hydrogens is 472 g/mol. The fraction of sp³-hybridized carbons (Fsp3) is 0.120. The van der Waals surface area contributed by atoms with Gasteiger partial charge in [0.25, 0.3) is 5.56 Å². The lowest BCUT2D eigenvalue weighted by atomic mass is 10.00. The fourth-order valence-corrected chi connectivity index (χ4v) is 4.83. The average Bonchev–Trinajstić information content (AvgIpc) is 3.44. The van der Waals surface area contributed by atoms with Crippen molar-refractivity contribution < 1.29 is 23.4 Å². The molecule has 0 radical (unpaired) electrons. The van der Waals surface area contributed by atoms with Crippen LogP contribution in [0.2, 0.25) is 0 Å². The van der Waals surface area contributed by atoms with Crippen LogP contribution >= 0.6 is 0 Å². The van der Waals surface area contributed by atoms with Crippen molar-refractivity contribution in [2.24, 2.45) is 0 Å². The Balaban J connectivity index is 1.71. The third-order valence-corrected chi connectivity index (χ3v) is 6.41. The van der Waals surface area contributed by atoms with E-state index in [9.17, 15) is 14.7 Å². The summed E-state index contributed by atoms with van der Waals surface area (Å²) < 4.78 is 37.2. The molecule has 0 saturated heterocycles. The molecule has 0 fully saturated rings. The molecule has 1 aliphatic rings. The third kappa shape index (κ3) is 3.13. The number of halogens is 2. The molecule has 1 aliphatic heterocycles. The first kappa shape index (κ1) is 21.7. The number of benzene rings is 2. The number of nitrogen functional groups attached to an aromatic ring is 1. The molecule has 6 rings (SSSR count). The quantitative estimate of drug-likeness (QED) is 0.352. The zero-order chi connectivity index (χ0) is 25.1. The number of rotatable bonds is 4. The number of fused-ring (bicyclic) bond motifs is 4. The molecule has 0 atom stereocenters. The Hall–Kier alpha value is -4.80. The number of nitrogens with one attached hydrogen (secondary N) is 1. The number of aromatic amines is 1. The van der Waals surface area contributed by atoms with E-state index in [1.54, 1.807) is 6.07 Å². The fourth-order valence-electron chi connectivity index (χ4n) is 4.83. The van der Waals surface area contributed by atoms with Gasteiger partial charge in [-0.25, -0.2) is 23.5 Å². The molecule has 3 aromatic heterocycles. The summed E-state index contributed by atoms with van der Waals surface area (Å²) in [6.45, 7) is -0.0840. The topological polar surface area (TPSA) is 136 Å². The van der Waals surface area contributed by atoms with Gasteiger partial charge in [-0.05, 0) is 24.3 Å². The molecular formula is C25H17F2N5O4. The highest BCUT2D eigenvalue weighted by Gasteiger charge is 2.32. The number of H-pyrrole nitrogens is 1. The molecule has 4 heterocycles. The lowest BCUT2D eigenvalue weighted by Gasteiger charge is -2.12. The Labute approximate surface area is 200 Å². The summed E-state index contributed by atoms with van der Waals surface area (Å²) in [5, 5.41) is 10.9. The lowest BCUT2D eigenvalue weighted by Crippen LogP contribution is -2.14. The summed E-state index contributed by atoms with van der Waals surface area (Å²) >= 11 is 0. The standard InChI is InChI=1S/C25H17F2N5O4/c26-15-7-17-14(23(28)31-10-30-17)6-11(15)9-32-18-8-16(27)12-3-5-36-22(12)20(18)19(21(32)25(34)35)13-2-1-4-29-24(13)33/h1-2,4,6-8,10H,3,5,9H2,(H,29,33)(H,34,35)(H2,28,30,31). The molecule has 5 aromatic rings. The minimum atomic E-state index is -1.37. The Morgan fingerprint density at radius 3 is 2.83 bits per heavy atom. The van der Waals surface area contributed by atoms with Crippen molar-refractivity contribution in [1.29, 1.82) is 0 Å². The van der Waals surface area contributed by atoms with Gasteiger partial charge in [-0.15, -0.1) is 0 Å². The van der Waals surface area contributed by atoms with Crippen LogP contribution < -0.4 is 16.0 Å². The monoisotopic (exact) mass is 489 g/mol.